The van der Waals surface area contributed by atoms with E-state index in [1.165, 1.54) is 7.11 Å². The van der Waals surface area contributed by atoms with E-state index in [9.17, 15) is 4.79 Å². The van der Waals surface area contributed by atoms with Gasteiger partial charge in [0.25, 0.3) is 0 Å². The second-order valence-electron chi connectivity index (χ2n) is 4.34. The predicted octanol–water partition coefficient (Wildman–Crippen LogP) is 0.957. The number of hydrogen-bond donors (Lipinski definition) is 2. The molecule has 1 aromatic rings. The van der Waals surface area contributed by atoms with Gasteiger partial charge in [0.15, 0.2) is 0 Å². The van der Waals surface area contributed by atoms with Crippen LogP contribution in [0, 0.1) is 5.92 Å². The average molecular weight is 254 g/mol. The van der Waals surface area contributed by atoms with Crippen LogP contribution in [0.1, 0.15) is 26.2 Å². The molecule has 7 heteroatoms. The van der Waals surface area contributed by atoms with Gasteiger partial charge in [0.05, 0.1) is 13.2 Å². The number of ether oxygens (including phenoxy) is 2. The number of rotatable bonds is 6. The van der Waals surface area contributed by atoms with Gasteiger partial charge < -0.3 is 9.47 Å². The molecule has 0 atom stereocenters. The first-order chi connectivity index (χ1) is 8.71. The molecule has 1 saturated carbocycles. The van der Waals surface area contributed by atoms with Crippen LogP contribution < -0.4 is 10.1 Å². The van der Waals surface area contributed by atoms with Crippen molar-refractivity contribution >= 4 is 11.9 Å². The summed E-state index contributed by atoms with van der Waals surface area (Å²) >= 11 is 0. The third kappa shape index (κ3) is 3.19. The molecule has 0 unspecified atom stereocenters. The van der Waals surface area contributed by atoms with Crippen LogP contribution in [0.3, 0.4) is 0 Å². The lowest BCUT2D eigenvalue weighted by molar-refractivity contribution is -0.119. The Balaban J connectivity index is 1.70. The molecular weight excluding hydrogens is 236 g/mol. The first kappa shape index (κ1) is 12.8. The van der Waals surface area contributed by atoms with E-state index < -0.39 is 0 Å². The fourth-order valence-corrected chi connectivity index (χ4v) is 2.05. The number of aromatic nitrogens is 3. The van der Waals surface area contributed by atoms with E-state index in [1.807, 2.05) is 6.92 Å². The Bertz CT molecular complexity index is 401. The number of hydrogen-bond acceptors (Lipinski definition) is 5. The minimum absolute atomic E-state index is 0.0613. The minimum Gasteiger partial charge on any atom is -0.466 e. The molecule has 1 heterocycles. The van der Waals surface area contributed by atoms with Crippen molar-refractivity contribution in [1.29, 1.82) is 0 Å². The molecule has 0 aromatic carbocycles. The molecule has 2 rings (SSSR count). The van der Waals surface area contributed by atoms with Crippen molar-refractivity contribution in [2.24, 2.45) is 5.92 Å². The van der Waals surface area contributed by atoms with Crippen LogP contribution in [0.25, 0.3) is 0 Å². The normalized spacial score (nSPS) is 22.3. The fraction of sp³-hybridized carbons (Fsp3) is 0.727. The molecule has 1 aliphatic rings. The van der Waals surface area contributed by atoms with Crippen LogP contribution in [0.5, 0.6) is 6.01 Å². The lowest BCUT2D eigenvalue weighted by Crippen LogP contribution is -2.34. The topological polar surface area (TPSA) is 89.1 Å². The third-order valence-electron chi connectivity index (χ3n) is 2.97. The molecule has 0 bridgehead atoms. The molecule has 1 fully saturated rings. The second-order valence-corrected chi connectivity index (χ2v) is 4.34. The third-order valence-corrected chi connectivity index (χ3v) is 2.97. The van der Waals surface area contributed by atoms with Crippen LogP contribution in [-0.2, 0) is 9.53 Å². The van der Waals surface area contributed by atoms with Gasteiger partial charge in [-0.15, -0.1) is 5.10 Å². The smallest absolute Gasteiger partial charge is 0.336 e. The molecule has 0 saturated heterocycles. The van der Waals surface area contributed by atoms with Gasteiger partial charge in [0.2, 0.25) is 11.9 Å². The second kappa shape index (κ2) is 5.81. The number of carbonyl (C=O) groups is 1. The van der Waals surface area contributed by atoms with Gasteiger partial charge >= 0.3 is 6.01 Å². The Labute approximate surface area is 105 Å². The van der Waals surface area contributed by atoms with E-state index in [-0.39, 0.29) is 11.9 Å². The van der Waals surface area contributed by atoms with Gasteiger partial charge in [-0.3, -0.25) is 10.1 Å². The van der Waals surface area contributed by atoms with Crippen molar-refractivity contribution in [2.75, 3.05) is 19.0 Å². The molecule has 18 heavy (non-hydrogen) atoms. The molecule has 1 aromatic heterocycles. The number of carbonyl (C=O) groups excluding carboxylic acids is 1. The quantitative estimate of drug-likeness (QED) is 0.789. The molecule has 100 valence electrons. The van der Waals surface area contributed by atoms with Gasteiger partial charge in [0.1, 0.15) is 0 Å². The lowest BCUT2D eigenvalue weighted by atomic mass is 9.80. The number of amides is 1. The highest BCUT2D eigenvalue weighted by Crippen LogP contribution is 2.32. The first-order valence-electron chi connectivity index (χ1n) is 6.09. The zero-order valence-corrected chi connectivity index (χ0v) is 10.6. The number of aromatic amines is 1. The molecule has 1 aliphatic carbocycles. The molecular formula is C11H18N4O3. The maximum absolute atomic E-state index is 11.7. The molecule has 7 nitrogen and oxygen atoms in total. The summed E-state index contributed by atoms with van der Waals surface area (Å²) in [4.78, 5) is 15.6. The SMILES string of the molecule is CCOC1CC(CC(=O)Nc2nc(OC)n[nH]2)C1. The maximum Gasteiger partial charge on any atom is 0.336 e. The summed E-state index contributed by atoms with van der Waals surface area (Å²) in [6, 6.07) is 0.213. The fourth-order valence-electron chi connectivity index (χ4n) is 2.05. The average Bonchev–Trinajstić information content (AvgIpc) is 2.74. The number of nitrogens with one attached hydrogen (secondary N) is 2. The van der Waals surface area contributed by atoms with E-state index >= 15 is 0 Å². The van der Waals surface area contributed by atoms with Gasteiger partial charge in [0, 0.05) is 13.0 Å². The van der Waals surface area contributed by atoms with Crippen molar-refractivity contribution in [2.45, 2.75) is 32.3 Å². The Morgan fingerprint density at radius 3 is 2.94 bits per heavy atom. The largest absolute Gasteiger partial charge is 0.466 e. The van der Waals surface area contributed by atoms with E-state index in [1.54, 1.807) is 0 Å². The van der Waals surface area contributed by atoms with Gasteiger partial charge in [-0.05, 0) is 25.7 Å². The highest BCUT2D eigenvalue weighted by Gasteiger charge is 2.31. The monoisotopic (exact) mass is 254 g/mol. The van der Waals surface area contributed by atoms with E-state index in [0.29, 0.717) is 24.4 Å². The highest BCUT2D eigenvalue weighted by atomic mass is 16.5. The van der Waals surface area contributed by atoms with E-state index in [4.69, 9.17) is 9.47 Å². The summed E-state index contributed by atoms with van der Waals surface area (Å²) in [5.41, 5.74) is 0. The van der Waals surface area contributed by atoms with Gasteiger partial charge in [-0.25, -0.2) is 5.10 Å². The van der Waals surface area contributed by atoms with Crippen molar-refractivity contribution in [3.05, 3.63) is 0 Å². The minimum atomic E-state index is -0.0613. The van der Waals surface area contributed by atoms with Crippen molar-refractivity contribution in [3.63, 3.8) is 0 Å². The lowest BCUT2D eigenvalue weighted by Gasteiger charge is -2.34. The Kier molecular flexibility index (Phi) is 4.14. The van der Waals surface area contributed by atoms with Crippen LogP contribution in [-0.4, -0.2) is 40.9 Å². The van der Waals surface area contributed by atoms with Gasteiger partial charge in [-0.2, -0.15) is 4.98 Å². The number of methoxy groups -OCH3 is 1. The summed E-state index contributed by atoms with van der Waals surface area (Å²) < 4.78 is 10.3. The van der Waals surface area contributed by atoms with Crippen molar-refractivity contribution in [3.8, 4) is 6.01 Å². The van der Waals surface area contributed by atoms with E-state index in [0.717, 1.165) is 19.4 Å². The molecule has 2 N–H and O–H groups in total. The standard InChI is InChI=1S/C11H18N4O3/c1-3-18-8-4-7(5-8)6-9(16)12-10-13-11(17-2)15-14-10/h7-8H,3-6H2,1-2H3,(H2,12,13,14,15,16). The summed E-state index contributed by atoms with van der Waals surface area (Å²) in [6.07, 6.45) is 2.74. The van der Waals surface area contributed by atoms with Crippen LogP contribution >= 0.6 is 0 Å². The highest BCUT2D eigenvalue weighted by molar-refractivity contribution is 5.89. The van der Waals surface area contributed by atoms with Crippen LogP contribution in [0.15, 0.2) is 0 Å². The van der Waals surface area contributed by atoms with Crippen molar-refractivity contribution in [1.82, 2.24) is 15.2 Å². The zero-order valence-electron chi connectivity index (χ0n) is 10.6. The Morgan fingerprint density at radius 1 is 1.56 bits per heavy atom. The Hall–Kier alpha value is -1.63. The molecule has 1 amide bonds. The summed E-state index contributed by atoms with van der Waals surface area (Å²) in [5, 5.41) is 8.98. The Morgan fingerprint density at radius 2 is 2.33 bits per heavy atom. The zero-order chi connectivity index (χ0) is 13.0. The molecule has 0 spiro atoms. The number of nitrogens with zero attached hydrogens (tertiary/aromatic N) is 2. The summed E-state index contributed by atoms with van der Waals surface area (Å²) in [7, 11) is 1.47. The van der Waals surface area contributed by atoms with Crippen molar-refractivity contribution < 1.29 is 14.3 Å². The summed E-state index contributed by atoms with van der Waals surface area (Å²) in [5.74, 6) is 0.664. The van der Waals surface area contributed by atoms with Crippen LogP contribution in [0.4, 0.5) is 5.95 Å². The van der Waals surface area contributed by atoms with E-state index in [2.05, 4.69) is 20.5 Å². The van der Waals surface area contributed by atoms with Crippen LogP contribution in [0.2, 0.25) is 0 Å². The molecule has 0 radical (unpaired) electrons. The number of H-pyrrole nitrogens is 1. The summed E-state index contributed by atoms with van der Waals surface area (Å²) in [6.45, 7) is 2.72. The van der Waals surface area contributed by atoms with Gasteiger partial charge in [-0.1, -0.05) is 0 Å². The predicted molar refractivity (Wildman–Crippen MR) is 64.3 cm³/mol. The number of anilines is 1. The maximum atomic E-state index is 11.7. The molecule has 0 aliphatic heterocycles. The first-order valence-corrected chi connectivity index (χ1v) is 6.09.